The van der Waals surface area contributed by atoms with Crippen molar-refractivity contribution in [2.24, 2.45) is 5.73 Å². The van der Waals surface area contributed by atoms with Crippen molar-refractivity contribution >= 4 is 30.0 Å². The molecule has 1 aliphatic heterocycles. The predicted molar refractivity (Wildman–Crippen MR) is 85.6 cm³/mol. The number of amides is 1. The molecule has 23 heavy (non-hydrogen) atoms. The minimum atomic E-state index is -0.848. The molecule has 2 heterocycles. The van der Waals surface area contributed by atoms with Gasteiger partial charge in [0.2, 0.25) is 0 Å². The zero-order valence-corrected chi connectivity index (χ0v) is 12.9. The lowest BCUT2D eigenvalue weighted by atomic mass is 10.1. The molecule has 5 N–H and O–H groups in total. The number of fused-ring (bicyclic) bond motifs is 1. The second kappa shape index (κ2) is 8.76. The number of rotatable bonds is 3. The summed E-state index contributed by atoms with van der Waals surface area (Å²) in [6.07, 6.45) is 2.96. The van der Waals surface area contributed by atoms with Crippen LogP contribution in [0.4, 0.5) is 5.69 Å². The summed E-state index contributed by atoms with van der Waals surface area (Å²) in [5.74, 6) is -0.266. The molecule has 0 bridgehead atoms. The molecule has 9 heteroatoms. The summed E-state index contributed by atoms with van der Waals surface area (Å²) in [6, 6.07) is 5.53. The van der Waals surface area contributed by atoms with Gasteiger partial charge in [-0.1, -0.05) is 6.07 Å². The van der Waals surface area contributed by atoms with Gasteiger partial charge < -0.3 is 25.9 Å². The molecule has 0 unspecified atom stereocenters. The standard InChI is InChI=1S/C9H10N2O2.C5H6N2O2.ClH/c10-4-6-1-2-8-7(3-6)11-9(12)5-13-8;8-5(9)1-4-2-6-3-7-4;/h1-3H,4-5,10H2,(H,11,12);2-3H,1H2,(H,6,7)(H,8,9);1H. The van der Waals surface area contributed by atoms with Crippen LogP contribution < -0.4 is 15.8 Å². The van der Waals surface area contributed by atoms with Crippen LogP contribution in [0.1, 0.15) is 11.3 Å². The normalized spacial score (nSPS) is 11.8. The van der Waals surface area contributed by atoms with E-state index >= 15 is 0 Å². The zero-order chi connectivity index (χ0) is 15.9. The lowest BCUT2D eigenvalue weighted by Gasteiger charge is -2.18. The van der Waals surface area contributed by atoms with Crippen LogP contribution in [0.2, 0.25) is 0 Å². The number of halogens is 1. The molecule has 1 aliphatic rings. The van der Waals surface area contributed by atoms with Gasteiger partial charge in [0.15, 0.2) is 6.61 Å². The maximum absolute atomic E-state index is 11.0. The average molecular weight is 341 g/mol. The lowest BCUT2D eigenvalue weighted by molar-refractivity contribution is -0.136. The molecule has 0 atom stereocenters. The largest absolute Gasteiger partial charge is 0.482 e. The third kappa shape index (κ3) is 5.61. The Labute approximate surface area is 138 Å². The minimum Gasteiger partial charge on any atom is -0.482 e. The van der Waals surface area contributed by atoms with E-state index in [0.29, 0.717) is 23.7 Å². The highest BCUT2D eigenvalue weighted by Gasteiger charge is 2.15. The Morgan fingerprint density at radius 3 is 2.83 bits per heavy atom. The number of carboxylic acids is 1. The molecule has 0 spiro atoms. The highest BCUT2D eigenvalue weighted by atomic mass is 35.5. The van der Waals surface area contributed by atoms with E-state index < -0.39 is 5.97 Å². The Bertz CT molecular complexity index is 661. The first-order valence-corrected chi connectivity index (χ1v) is 6.53. The van der Waals surface area contributed by atoms with Crippen LogP contribution in [-0.2, 0) is 22.6 Å². The molecule has 0 aliphatic carbocycles. The fourth-order valence-electron chi connectivity index (χ4n) is 1.80. The van der Waals surface area contributed by atoms with E-state index in [1.807, 2.05) is 18.2 Å². The second-order valence-electron chi connectivity index (χ2n) is 4.52. The smallest absolute Gasteiger partial charge is 0.309 e. The fraction of sp³-hybridized carbons (Fsp3) is 0.214. The molecule has 2 aromatic rings. The number of hydrogen-bond donors (Lipinski definition) is 4. The van der Waals surface area contributed by atoms with Crippen LogP contribution in [0.15, 0.2) is 30.7 Å². The molecule has 0 radical (unpaired) electrons. The van der Waals surface area contributed by atoms with Crippen LogP contribution in [0, 0.1) is 0 Å². The fourth-order valence-corrected chi connectivity index (χ4v) is 1.80. The van der Waals surface area contributed by atoms with Crippen molar-refractivity contribution in [3.05, 3.63) is 42.0 Å². The first kappa shape index (κ1) is 18.5. The summed E-state index contributed by atoms with van der Waals surface area (Å²) in [6.45, 7) is 0.554. The van der Waals surface area contributed by atoms with Gasteiger partial charge in [-0.25, -0.2) is 4.98 Å². The Hall–Kier alpha value is -2.58. The Morgan fingerprint density at radius 1 is 1.43 bits per heavy atom. The van der Waals surface area contributed by atoms with Gasteiger partial charge in [0, 0.05) is 18.4 Å². The number of H-pyrrole nitrogens is 1. The van der Waals surface area contributed by atoms with E-state index in [1.54, 1.807) is 0 Å². The van der Waals surface area contributed by atoms with Crippen molar-refractivity contribution in [3.63, 3.8) is 0 Å². The first-order chi connectivity index (χ1) is 10.6. The van der Waals surface area contributed by atoms with Gasteiger partial charge in [0.05, 0.1) is 18.4 Å². The molecule has 1 aromatic heterocycles. The molecule has 124 valence electrons. The van der Waals surface area contributed by atoms with Gasteiger partial charge in [0.25, 0.3) is 5.91 Å². The summed E-state index contributed by atoms with van der Waals surface area (Å²) in [5, 5.41) is 11.0. The third-order valence-electron chi connectivity index (χ3n) is 2.81. The summed E-state index contributed by atoms with van der Waals surface area (Å²) in [4.78, 5) is 27.3. The van der Waals surface area contributed by atoms with E-state index in [2.05, 4.69) is 15.3 Å². The van der Waals surface area contributed by atoms with E-state index in [9.17, 15) is 9.59 Å². The van der Waals surface area contributed by atoms with Gasteiger partial charge in [-0.2, -0.15) is 0 Å². The quantitative estimate of drug-likeness (QED) is 0.657. The number of benzene rings is 1. The topological polar surface area (TPSA) is 130 Å². The number of nitrogens with one attached hydrogen (secondary N) is 2. The molecule has 3 rings (SSSR count). The SMILES string of the molecule is Cl.NCc1ccc2c(c1)NC(=O)CO2.O=C(O)Cc1cnc[nH]1. The third-order valence-corrected chi connectivity index (χ3v) is 2.81. The first-order valence-electron chi connectivity index (χ1n) is 6.53. The summed E-state index contributed by atoms with van der Waals surface area (Å²) in [7, 11) is 0. The molecular formula is C14H17ClN4O4. The van der Waals surface area contributed by atoms with E-state index in [0.717, 1.165) is 5.56 Å². The molecule has 1 aromatic carbocycles. The predicted octanol–water partition coefficient (Wildman–Crippen LogP) is 0.935. The number of carboxylic acid groups (broad SMARTS) is 1. The number of anilines is 1. The molecule has 1 amide bonds. The number of imidazole rings is 1. The Kier molecular flexibility index (Phi) is 7.04. The van der Waals surface area contributed by atoms with Crippen molar-refractivity contribution in [1.29, 1.82) is 0 Å². The number of aliphatic carboxylic acids is 1. The highest BCUT2D eigenvalue weighted by Crippen LogP contribution is 2.28. The number of carbonyl (C=O) groups is 2. The molecular weight excluding hydrogens is 324 g/mol. The average Bonchev–Trinajstić information content (AvgIpc) is 2.99. The number of aromatic nitrogens is 2. The van der Waals surface area contributed by atoms with E-state index in [4.69, 9.17) is 15.6 Å². The minimum absolute atomic E-state index is 0. The van der Waals surface area contributed by atoms with Gasteiger partial charge in [-0.15, -0.1) is 12.4 Å². The van der Waals surface area contributed by atoms with E-state index in [1.165, 1.54) is 12.5 Å². The van der Waals surface area contributed by atoms with Gasteiger partial charge in [-0.05, 0) is 17.7 Å². The van der Waals surface area contributed by atoms with Crippen LogP contribution >= 0.6 is 12.4 Å². The Balaban J connectivity index is 0.000000235. The number of nitrogens with two attached hydrogens (primary N) is 1. The number of nitrogens with zero attached hydrogens (tertiary/aromatic N) is 1. The molecule has 0 fully saturated rings. The zero-order valence-electron chi connectivity index (χ0n) is 12.1. The van der Waals surface area contributed by atoms with Gasteiger partial charge in [0.1, 0.15) is 5.75 Å². The maximum Gasteiger partial charge on any atom is 0.309 e. The van der Waals surface area contributed by atoms with Crippen molar-refractivity contribution < 1.29 is 19.4 Å². The highest BCUT2D eigenvalue weighted by molar-refractivity contribution is 5.95. The Morgan fingerprint density at radius 2 is 2.22 bits per heavy atom. The summed E-state index contributed by atoms with van der Waals surface area (Å²) < 4.78 is 5.18. The van der Waals surface area contributed by atoms with Crippen molar-refractivity contribution in [2.45, 2.75) is 13.0 Å². The van der Waals surface area contributed by atoms with E-state index in [-0.39, 0.29) is 31.3 Å². The number of ether oxygens (including phenoxy) is 1. The number of hydrogen-bond acceptors (Lipinski definition) is 5. The monoisotopic (exact) mass is 340 g/mol. The van der Waals surface area contributed by atoms with Crippen LogP contribution in [-0.4, -0.2) is 33.6 Å². The molecule has 8 nitrogen and oxygen atoms in total. The molecule has 0 saturated carbocycles. The van der Waals surface area contributed by atoms with Crippen molar-refractivity contribution in [1.82, 2.24) is 9.97 Å². The van der Waals surface area contributed by atoms with Crippen LogP contribution in [0.5, 0.6) is 5.75 Å². The summed E-state index contributed by atoms with van der Waals surface area (Å²) in [5.41, 5.74) is 7.78. The number of aromatic amines is 1. The second-order valence-corrected chi connectivity index (χ2v) is 4.52. The van der Waals surface area contributed by atoms with Crippen molar-refractivity contribution in [3.8, 4) is 5.75 Å². The van der Waals surface area contributed by atoms with Gasteiger partial charge in [-0.3, -0.25) is 9.59 Å². The van der Waals surface area contributed by atoms with Crippen LogP contribution in [0.25, 0.3) is 0 Å². The lowest BCUT2D eigenvalue weighted by Crippen LogP contribution is -2.25. The maximum atomic E-state index is 11.0. The summed E-state index contributed by atoms with van der Waals surface area (Å²) >= 11 is 0. The van der Waals surface area contributed by atoms with Crippen molar-refractivity contribution in [2.75, 3.05) is 11.9 Å². The van der Waals surface area contributed by atoms with Crippen LogP contribution in [0.3, 0.4) is 0 Å². The van der Waals surface area contributed by atoms with Gasteiger partial charge >= 0.3 is 5.97 Å². The molecule has 0 saturated heterocycles. The number of carbonyl (C=O) groups excluding carboxylic acids is 1.